The molecule has 1 heterocycles. The number of nitrogens with one attached hydrogen (secondary N) is 1. The van der Waals surface area contributed by atoms with Crippen molar-refractivity contribution in [1.82, 2.24) is 9.62 Å². The van der Waals surface area contributed by atoms with Crippen LogP contribution in [0, 0.1) is 12.7 Å². The third-order valence-corrected chi connectivity index (χ3v) is 5.79. The molecule has 0 bridgehead atoms. The summed E-state index contributed by atoms with van der Waals surface area (Å²) in [6.45, 7) is 2.93. The second-order valence-corrected chi connectivity index (χ2v) is 7.07. The van der Waals surface area contributed by atoms with Gasteiger partial charge in [0.05, 0.1) is 5.02 Å². The van der Waals surface area contributed by atoms with Crippen molar-refractivity contribution in [2.24, 2.45) is 0 Å². The fourth-order valence-electron chi connectivity index (χ4n) is 2.13. The predicted octanol–water partition coefficient (Wildman–Crippen LogP) is 2.19. The first-order chi connectivity index (χ1) is 8.84. The normalized spacial score (nSPS) is 19.1. The number of benzene rings is 1. The minimum absolute atomic E-state index is 0. The molecule has 1 aliphatic heterocycles. The topological polar surface area (TPSA) is 49.4 Å². The third kappa shape index (κ3) is 3.26. The van der Waals surface area contributed by atoms with Crippen LogP contribution < -0.4 is 5.32 Å². The molecule has 8 heteroatoms. The van der Waals surface area contributed by atoms with E-state index in [2.05, 4.69) is 5.32 Å². The molecule has 0 spiro atoms. The maximum Gasteiger partial charge on any atom is 0.244 e. The summed E-state index contributed by atoms with van der Waals surface area (Å²) >= 11 is 5.88. The fraction of sp³-hybridized carbons (Fsp3) is 0.500. The van der Waals surface area contributed by atoms with Gasteiger partial charge in [0.25, 0.3) is 0 Å². The molecule has 1 N–H and O–H groups in total. The quantitative estimate of drug-likeness (QED) is 0.915. The first kappa shape index (κ1) is 17.7. The number of aryl methyl sites for hydroxylation is 1. The zero-order chi connectivity index (χ0) is 14.2. The van der Waals surface area contributed by atoms with Gasteiger partial charge in [-0.15, -0.1) is 12.4 Å². The summed E-state index contributed by atoms with van der Waals surface area (Å²) in [4.78, 5) is -0.0394. The van der Waals surface area contributed by atoms with Crippen molar-refractivity contribution in [2.45, 2.75) is 24.3 Å². The van der Waals surface area contributed by atoms with Crippen molar-refractivity contribution >= 4 is 34.0 Å². The SMILES string of the molecule is Cc1cc(S(=O)(=O)N(C)C2CCNC2)c(Cl)cc1F.Cl. The minimum atomic E-state index is -3.70. The molecule has 1 aliphatic rings. The van der Waals surface area contributed by atoms with E-state index in [-0.39, 0.29) is 33.9 Å². The van der Waals surface area contributed by atoms with Crippen molar-refractivity contribution in [3.63, 3.8) is 0 Å². The number of hydrogen-bond acceptors (Lipinski definition) is 3. The standard InChI is InChI=1S/C12H16ClFN2O2S.ClH/c1-8-5-12(10(13)6-11(8)14)19(17,18)16(2)9-3-4-15-7-9;/h5-6,9,15H,3-4,7H2,1-2H3;1H. The van der Waals surface area contributed by atoms with Gasteiger partial charge in [-0.05, 0) is 37.6 Å². The summed E-state index contributed by atoms with van der Waals surface area (Å²) in [7, 11) is -2.17. The first-order valence-corrected chi connectivity index (χ1v) is 7.80. The maximum atomic E-state index is 13.3. The summed E-state index contributed by atoms with van der Waals surface area (Å²) in [6.07, 6.45) is 0.757. The highest BCUT2D eigenvalue weighted by molar-refractivity contribution is 7.89. The molecule has 1 aromatic rings. The second-order valence-electron chi connectivity index (χ2n) is 4.70. The number of rotatable bonds is 3. The zero-order valence-corrected chi connectivity index (χ0v) is 13.6. The summed E-state index contributed by atoms with van der Waals surface area (Å²) in [6, 6.07) is 2.24. The highest BCUT2D eigenvalue weighted by Gasteiger charge is 2.31. The highest BCUT2D eigenvalue weighted by Crippen LogP contribution is 2.28. The Balaban J connectivity index is 0.00000200. The van der Waals surface area contributed by atoms with Crippen LogP contribution in [-0.4, -0.2) is 38.9 Å². The summed E-state index contributed by atoms with van der Waals surface area (Å²) in [5.41, 5.74) is 0.265. The van der Waals surface area contributed by atoms with Gasteiger partial charge in [0.1, 0.15) is 10.7 Å². The van der Waals surface area contributed by atoms with Crippen molar-refractivity contribution in [3.8, 4) is 0 Å². The van der Waals surface area contributed by atoms with Gasteiger partial charge in [0, 0.05) is 19.6 Å². The molecule has 1 fully saturated rings. The molecular formula is C12H17Cl2FN2O2S. The van der Waals surface area contributed by atoms with E-state index in [9.17, 15) is 12.8 Å². The van der Waals surface area contributed by atoms with Crippen LogP contribution in [0.5, 0.6) is 0 Å². The van der Waals surface area contributed by atoms with Gasteiger partial charge >= 0.3 is 0 Å². The van der Waals surface area contributed by atoms with E-state index in [4.69, 9.17) is 11.6 Å². The molecular weight excluding hydrogens is 326 g/mol. The Hall–Kier alpha value is -0.400. The molecule has 20 heavy (non-hydrogen) atoms. The number of nitrogens with zero attached hydrogens (tertiary/aromatic N) is 1. The maximum absolute atomic E-state index is 13.3. The lowest BCUT2D eigenvalue weighted by Gasteiger charge is -2.23. The molecule has 0 saturated carbocycles. The Labute approximate surface area is 129 Å². The minimum Gasteiger partial charge on any atom is -0.315 e. The molecule has 0 amide bonds. The average Bonchev–Trinajstić information content (AvgIpc) is 2.86. The summed E-state index contributed by atoms with van der Waals surface area (Å²) in [5, 5.41) is 3.03. The Kier molecular flexibility index (Phi) is 5.80. The van der Waals surface area contributed by atoms with E-state index < -0.39 is 15.8 Å². The summed E-state index contributed by atoms with van der Waals surface area (Å²) < 4.78 is 39.6. The van der Waals surface area contributed by atoms with Crippen molar-refractivity contribution in [1.29, 1.82) is 0 Å². The van der Waals surface area contributed by atoms with E-state index in [1.807, 2.05) is 0 Å². The van der Waals surface area contributed by atoms with Gasteiger partial charge in [-0.2, -0.15) is 4.31 Å². The molecule has 0 aromatic heterocycles. The summed E-state index contributed by atoms with van der Waals surface area (Å²) in [5.74, 6) is -0.505. The van der Waals surface area contributed by atoms with E-state index in [1.54, 1.807) is 0 Å². The van der Waals surface area contributed by atoms with Crippen LogP contribution in [-0.2, 0) is 10.0 Å². The molecule has 0 aliphatic carbocycles. The third-order valence-electron chi connectivity index (χ3n) is 3.42. The van der Waals surface area contributed by atoms with Crippen molar-refractivity contribution in [3.05, 3.63) is 28.5 Å². The Morgan fingerprint density at radius 1 is 1.45 bits per heavy atom. The molecule has 1 aromatic carbocycles. The lowest BCUT2D eigenvalue weighted by molar-refractivity contribution is 0.387. The Bertz CT molecular complexity index is 589. The molecule has 1 atom stereocenters. The van der Waals surface area contributed by atoms with Gasteiger partial charge < -0.3 is 5.32 Å². The lowest BCUT2D eigenvalue weighted by atomic mass is 10.2. The van der Waals surface area contributed by atoms with Crippen LogP contribution in [0.2, 0.25) is 5.02 Å². The Morgan fingerprint density at radius 2 is 2.10 bits per heavy atom. The smallest absolute Gasteiger partial charge is 0.244 e. The highest BCUT2D eigenvalue weighted by atomic mass is 35.5. The number of sulfonamides is 1. The largest absolute Gasteiger partial charge is 0.315 e. The molecule has 2 rings (SSSR count). The van der Waals surface area contributed by atoms with Gasteiger partial charge in [0.15, 0.2) is 0 Å². The van der Waals surface area contributed by atoms with E-state index in [0.29, 0.717) is 6.54 Å². The molecule has 4 nitrogen and oxygen atoms in total. The average molecular weight is 343 g/mol. The fourth-order valence-corrected chi connectivity index (χ4v) is 4.09. The second kappa shape index (κ2) is 6.58. The van der Waals surface area contributed by atoms with Crippen LogP contribution in [0.4, 0.5) is 4.39 Å². The molecule has 114 valence electrons. The van der Waals surface area contributed by atoms with Gasteiger partial charge in [-0.3, -0.25) is 0 Å². The monoisotopic (exact) mass is 342 g/mol. The zero-order valence-electron chi connectivity index (χ0n) is 11.2. The number of likely N-dealkylation sites (N-methyl/N-ethyl adjacent to an activating group) is 1. The van der Waals surface area contributed by atoms with E-state index >= 15 is 0 Å². The molecule has 1 unspecified atom stereocenters. The van der Waals surface area contributed by atoms with Gasteiger partial charge in [-0.25, -0.2) is 12.8 Å². The van der Waals surface area contributed by atoms with E-state index in [0.717, 1.165) is 19.0 Å². The van der Waals surface area contributed by atoms with Crippen LogP contribution in [0.25, 0.3) is 0 Å². The van der Waals surface area contributed by atoms with Crippen LogP contribution in [0.15, 0.2) is 17.0 Å². The van der Waals surface area contributed by atoms with Crippen LogP contribution in [0.3, 0.4) is 0 Å². The lowest BCUT2D eigenvalue weighted by Crippen LogP contribution is -2.38. The first-order valence-electron chi connectivity index (χ1n) is 5.98. The number of hydrogen-bond donors (Lipinski definition) is 1. The Morgan fingerprint density at radius 3 is 2.65 bits per heavy atom. The van der Waals surface area contributed by atoms with Crippen molar-refractivity contribution in [2.75, 3.05) is 20.1 Å². The van der Waals surface area contributed by atoms with Crippen LogP contribution >= 0.6 is 24.0 Å². The molecule has 1 saturated heterocycles. The van der Waals surface area contributed by atoms with E-state index in [1.165, 1.54) is 24.3 Å². The predicted molar refractivity (Wildman–Crippen MR) is 79.6 cm³/mol. The number of halogens is 3. The van der Waals surface area contributed by atoms with Gasteiger partial charge in [-0.1, -0.05) is 11.6 Å². The van der Waals surface area contributed by atoms with Crippen LogP contribution in [0.1, 0.15) is 12.0 Å². The molecule has 0 radical (unpaired) electrons. The van der Waals surface area contributed by atoms with Crippen molar-refractivity contribution < 1.29 is 12.8 Å². The van der Waals surface area contributed by atoms with Gasteiger partial charge in [0.2, 0.25) is 10.0 Å².